The molecule has 2 N–H and O–H groups in total. The molecule has 28 heavy (non-hydrogen) atoms. The molecular formula is C21H29N5O2. The van der Waals surface area contributed by atoms with Crippen LogP contribution < -0.4 is 20.1 Å². The lowest BCUT2D eigenvalue weighted by Gasteiger charge is -2.17. The van der Waals surface area contributed by atoms with E-state index in [2.05, 4.69) is 25.5 Å². The maximum absolute atomic E-state index is 6.16. The van der Waals surface area contributed by atoms with E-state index in [9.17, 15) is 0 Å². The number of nitrogens with zero attached hydrogens (tertiary/aromatic N) is 3. The van der Waals surface area contributed by atoms with Crippen LogP contribution in [-0.4, -0.2) is 54.8 Å². The fraction of sp³-hybridized carbons (Fsp3) is 0.524. The van der Waals surface area contributed by atoms with Crippen LogP contribution in [0.3, 0.4) is 0 Å². The Labute approximate surface area is 166 Å². The van der Waals surface area contributed by atoms with E-state index >= 15 is 0 Å². The second kappa shape index (κ2) is 8.22. The van der Waals surface area contributed by atoms with Crippen molar-refractivity contribution in [2.24, 2.45) is 5.92 Å². The van der Waals surface area contributed by atoms with Gasteiger partial charge in [0.25, 0.3) is 0 Å². The molecule has 1 saturated heterocycles. The van der Waals surface area contributed by atoms with Crippen LogP contribution in [0.4, 0.5) is 17.5 Å². The SMILES string of the molecule is CNc1cc(C)nc(Nc2ccc(OC)c(OC[C@H]3CCN(C4CC4)C3)c2)n1. The summed E-state index contributed by atoms with van der Waals surface area (Å²) < 4.78 is 11.6. The molecule has 2 aromatic rings. The third-order valence-electron chi connectivity index (χ3n) is 5.39. The van der Waals surface area contributed by atoms with Crippen LogP contribution in [0, 0.1) is 12.8 Å². The predicted octanol–water partition coefficient (Wildman–Crippen LogP) is 3.44. The van der Waals surface area contributed by atoms with Gasteiger partial charge in [-0.1, -0.05) is 0 Å². The highest BCUT2D eigenvalue weighted by molar-refractivity contribution is 5.60. The number of anilines is 3. The van der Waals surface area contributed by atoms with E-state index in [1.54, 1.807) is 7.11 Å². The molecule has 2 heterocycles. The first-order valence-corrected chi connectivity index (χ1v) is 10.00. The Balaban J connectivity index is 1.43. The van der Waals surface area contributed by atoms with Crippen LogP contribution in [0.25, 0.3) is 0 Å². The lowest BCUT2D eigenvalue weighted by Crippen LogP contribution is -2.24. The quantitative estimate of drug-likeness (QED) is 0.723. The monoisotopic (exact) mass is 383 g/mol. The molecule has 1 aliphatic heterocycles. The maximum atomic E-state index is 6.16. The van der Waals surface area contributed by atoms with Gasteiger partial charge < -0.3 is 20.1 Å². The lowest BCUT2D eigenvalue weighted by atomic mass is 10.1. The van der Waals surface area contributed by atoms with Gasteiger partial charge in [0.15, 0.2) is 11.5 Å². The molecule has 1 aromatic heterocycles. The topological polar surface area (TPSA) is 71.5 Å². The number of aryl methyl sites for hydroxylation is 1. The molecule has 0 bridgehead atoms. The summed E-state index contributed by atoms with van der Waals surface area (Å²) in [5.74, 6) is 3.40. The summed E-state index contributed by atoms with van der Waals surface area (Å²) in [7, 11) is 3.51. The number of benzene rings is 1. The van der Waals surface area contributed by atoms with Crippen molar-refractivity contribution in [3.8, 4) is 11.5 Å². The Kier molecular flexibility index (Phi) is 5.52. The number of hydrogen-bond donors (Lipinski definition) is 2. The summed E-state index contributed by atoms with van der Waals surface area (Å²) in [4.78, 5) is 11.5. The standard InChI is InChI=1S/C21H29N5O2/c1-14-10-20(22-2)25-21(23-14)24-16-4-7-18(27-3)19(11-16)28-13-15-8-9-26(12-15)17-5-6-17/h4,7,10-11,15,17H,5-6,8-9,12-13H2,1-3H3,(H2,22,23,24,25)/t15-/m0/s1. The van der Waals surface area contributed by atoms with Gasteiger partial charge in [-0.25, -0.2) is 4.98 Å². The zero-order valence-corrected chi connectivity index (χ0v) is 16.9. The highest BCUT2D eigenvalue weighted by atomic mass is 16.5. The van der Waals surface area contributed by atoms with Crippen molar-refractivity contribution in [1.82, 2.24) is 14.9 Å². The lowest BCUT2D eigenvalue weighted by molar-refractivity contribution is 0.230. The number of methoxy groups -OCH3 is 1. The molecule has 150 valence electrons. The highest BCUT2D eigenvalue weighted by Crippen LogP contribution is 2.34. The van der Waals surface area contributed by atoms with Gasteiger partial charge in [0.1, 0.15) is 5.82 Å². The Bertz CT molecular complexity index is 824. The van der Waals surface area contributed by atoms with Crippen molar-refractivity contribution < 1.29 is 9.47 Å². The molecule has 1 aromatic carbocycles. The van der Waals surface area contributed by atoms with Crippen molar-refractivity contribution in [3.05, 3.63) is 30.0 Å². The molecule has 0 amide bonds. The molecule has 7 heteroatoms. The van der Waals surface area contributed by atoms with Gasteiger partial charge in [0, 0.05) is 49.1 Å². The van der Waals surface area contributed by atoms with Crippen LogP contribution in [0.15, 0.2) is 24.3 Å². The minimum absolute atomic E-state index is 0.552. The highest BCUT2D eigenvalue weighted by Gasteiger charge is 2.34. The van der Waals surface area contributed by atoms with Crippen molar-refractivity contribution in [3.63, 3.8) is 0 Å². The number of aromatic nitrogens is 2. The summed E-state index contributed by atoms with van der Waals surface area (Å²) >= 11 is 0. The summed E-state index contributed by atoms with van der Waals surface area (Å²) in [5, 5.41) is 6.31. The Morgan fingerprint density at radius 2 is 2.00 bits per heavy atom. The third-order valence-corrected chi connectivity index (χ3v) is 5.39. The molecule has 1 aliphatic carbocycles. The average Bonchev–Trinajstić information content (AvgIpc) is 3.44. The molecule has 7 nitrogen and oxygen atoms in total. The molecule has 1 atom stereocenters. The summed E-state index contributed by atoms with van der Waals surface area (Å²) in [6.45, 7) is 5.02. The fourth-order valence-corrected chi connectivity index (χ4v) is 3.73. The first-order valence-electron chi connectivity index (χ1n) is 10.00. The largest absolute Gasteiger partial charge is 0.493 e. The van der Waals surface area contributed by atoms with E-state index in [0.29, 0.717) is 18.5 Å². The van der Waals surface area contributed by atoms with Crippen LogP contribution in [-0.2, 0) is 0 Å². The Morgan fingerprint density at radius 3 is 2.75 bits per heavy atom. The molecule has 4 rings (SSSR count). The van der Waals surface area contributed by atoms with Gasteiger partial charge in [-0.15, -0.1) is 0 Å². The van der Waals surface area contributed by atoms with E-state index in [1.165, 1.54) is 25.8 Å². The van der Waals surface area contributed by atoms with Crippen molar-refractivity contribution in [1.29, 1.82) is 0 Å². The van der Waals surface area contributed by atoms with Crippen molar-refractivity contribution in [2.45, 2.75) is 32.2 Å². The minimum Gasteiger partial charge on any atom is -0.493 e. The smallest absolute Gasteiger partial charge is 0.229 e. The molecule has 2 fully saturated rings. The predicted molar refractivity (Wildman–Crippen MR) is 111 cm³/mol. The first kappa shape index (κ1) is 18.8. The minimum atomic E-state index is 0.552. The van der Waals surface area contributed by atoms with Gasteiger partial charge in [0.05, 0.1) is 13.7 Å². The van der Waals surface area contributed by atoms with Gasteiger partial charge >= 0.3 is 0 Å². The maximum Gasteiger partial charge on any atom is 0.229 e. The Morgan fingerprint density at radius 1 is 1.14 bits per heavy atom. The van der Waals surface area contributed by atoms with Gasteiger partial charge in [-0.05, 0) is 44.9 Å². The molecular weight excluding hydrogens is 354 g/mol. The van der Waals surface area contributed by atoms with Crippen molar-refractivity contribution in [2.75, 3.05) is 44.5 Å². The van der Waals surface area contributed by atoms with Gasteiger partial charge in [-0.2, -0.15) is 4.98 Å². The number of likely N-dealkylation sites (tertiary alicyclic amines) is 1. The summed E-state index contributed by atoms with van der Waals surface area (Å²) in [6, 6.07) is 8.56. The van der Waals surface area contributed by atoms with E-state index in [0.717, 1.165) is 41.3 Å². The van der Waals surface area contributed by atoms with E-state index in [-0.39, 0.29) is 0 Å². The number of ether oxygens (including phenoxy) is 2. The zero-order valence-electron chi connectivity index (χ0n) is 16.9. The van der Waals surface area contributed by atoms with Crippen LogP contribution in [0.2, 0.25) is 0 Å². The molecule has 0 spiro atoms. The number of rotatable bonds is 8. The number of nitrogens with one attached hydrogen (secondary N) is 2. The van der Waals surface area contributed by atoms with Crippen LogP contribution >= 0.6 is 0 Å². The third kappa shape index (κ3) is 4.47. The molecule has 0 radical (unpaired) electrons. The Hall–Kier alpha value is -2.54. The van der Waals surface area contributed by atoms with Crippen LogP contribution in [0.1, 0.15) is 25.0 Å². The molecule has 2 aliphatic rings. The molecule has 1 saturated carbocycles. The summed E-state index contributed by atoms with van der Waals surface area (Å²) in [5.41, 5.74) is 1.77. The molecule has 0 unspecified atom stereocenters. The van der Waals surface area contributed by atoms with E-state index in [1.807, 2.05) is 38.2 Å². The zero-order chi connectivity index (χ0) is 19.5. The van der Waals surface area contributed by atoms with Gasteiger partial charge in [0.2, 0.25) is 5.95 Å². The number of hydrogen-bond acceptors (Lipinski definition) is 7. The van der Waals surface area contributed by atoms with Crippen molar-refractivity contribution >= 4 is 17.5 Å². The summed E-state index contributed by atoms with van der Waals surface area (Å²) in [6.07, 6.45) is 3.94. The van der Waals surface area contributed by atoms with E-state index < -0.39 is 0 Å². The average molecular weight is 383 g/mol. The van der Waals surface area contributed by atoms with Gasteiger partial charge in [-0.3, -0.25) is 4.90 Å². The first-order chi connectivity index (χ1) is 13.6. The van der Waals surface area contributed by atoms with Crippen LogP contribution in [0.5, 0.6) is 11.5 Å². The second-order valence-corrected chi connectivity index (χ2v) is 7.65. The normalized spacial score (nSPS) is 19.5. The van der Waals surface area contributed by atoms with E-state index in [4.69, 9.17) is 9.47 Å². The fourth-order valence-electron chi connectivity index (χ4n) is 3.73. The second-order valence-electron chi connectivity index (χ2n) is 7.65.